The van der Waals surface area contributed by atoms with Gasteiger partial charge < -0.3 is 36.6 Å². The number of aliphatic carboxylic acids is 2. The minimum absolute atomic E-state index is 0.107. The molecule has 1 heterocycles. The Hall–Kier alpha value is -3.51. The lowest BCUT2D eigenvalue weighted by atomic mass is 10.1. The van der Waals surface area contributed by atoms with E-state index in [0.717, 1.165) is 10.5 Å². The predicted octanol–water partition coefficient (Wildman–Crippen LogP) is -1.93. The summed E-state index contributed by atoms with van der Waals surface area (Å²) in [5.41, 5.74) is 6.66. The molecule has 0 saturated carbocycles. The predicted molar refractivity (Wildman–Crippen MR) is 114 cm³/mol. The molecule has 1 aromatic rings. The van der Waals surface area contributed by atoms with Gasteiger partial charge in [-0.3, -0.25) is 19.2 Å². The zero-order valence-corrected chi connectivity index (χ0v) is 17.8. The number of amides is 3. The van der Waals surface area contributed by atoms with E-state index in [9.17, 15) is 34.2 Å². The SMILES string of the molecule is NC(Cc1ccccc1)C(=O)NC(CO)C(=O)NC(CC(=O)O)C(=O)N1CCCC1C(=O)O. The van der Waals surface area contributed by atoms with Crippen LogP contribution in [0.15, 0.2) is 30.3 Å². The number of carboxylic acids is 2. The van der Waals surface area contributed by atoms with Crippen LogP contribution in [0.3, 0.4) is 0 Å². The second-order valence-corrected chi connectivity index (χ2v) is 7.73. The molecule has 0 aromatic heterocycles. The summed E-state index contributed by atoms with van der Waals surface area (Å²) in [6.07, 6.45) is 0.0135. The molecule has 7 N–H and O–H groups in total. The Morgan fingerprint density at radius 1 is 1.03 bits per heavy atom. The highest BCUT2D eigenvalue weighted by Gasteiger charge is 2.39. The van der Waals surface area contributed by atoms with Gasteiger partial charge in [-0.25, -0.2) is 4.79 Å². The molecule has 12 heteroatoms. The van der Waals surface area contributed by atoms with Crippen molar-refractivity contribution in [3.8, 4) is 0 Å². The lowest BCUT2D eigenvalue weighted by molar-refractivity contribution is -0.150. The zero-order chi connectivity index (χ0) is 24.5. The fourth-order valence-corrected chi connectivity index (χ4v) is 3.57. The monoisotopic (exact) mass is 464 g/mol. The van der Waals surface area contributed by atoms with E-state index >= 15 is 0 Å². The second kappa shape index (κ2) is 11.9. The van der Waals surface area contributed by atoms with Crippen LogP contribution in [-0.2, 0) is 30.4 Å². The van der Waals surface area contributed by atoms with Gasteiger partial charge in [-0.2, -0.15) is 0 Å². The highest BCUT2D eigenvalue weighted by molar-refractivity contribution is 5.95. The fourth-order valence-electron chi connectivity index (χ4n) is 3.57. The fraction of sp³-hybridized carbons (Fsp3) is 0.476. The minimum atomic E-state index is -1.57. The number of rotatable bonds is 11. The Balaban J connectivity index is 2.04. The van der Waals surface area contributed by atoms with Crippen LogP contribution in [0.2, 0.25) is 0 Å². The molecule has 0 aliphatic carbocycles. The van der Waals surface area contributed by atoms with Crippen molar-refractivity contribution < 1.29 is 39.3 Å². The lowest BCUT2D eigenvalue weighted by Crippen LogP contribution is -2.58. The number of carbonyl (C=O) groups excluding carboxylic acids is 3. The Bertz CT molecular complexity index is 878. The summed E-state index contributed by atoms with van der Waals surface area (Å²) >= 11 is 0. The molecule has 1 fully saturated rings. The molecule has 1 aromatic carbocycles. The third-order valence-electron chi connectivity index (χ3n) is 5.27. The molecular formula is C21H28N4O8. The maximum absolute atomic E-state index is 12.8. The molecule has 1 saturated heterocycles. The molecule has 0 spiro atoms. The highest BCUT2D eigenvalue weighted by Crippen LogP contribution is 2.19. The van der Waals surface area contributed by atoms with Crippen LogP contribution in [0.5, 0.6) is 0 Å². The number of likely N-dealkylation sites (tertiary alicyclic amines) is 1. The summed E-state index contributed by atoms with van der Waals surface area (Å²) in [7, 11) is 0. The number of aliphatic hydroxyl groups is 1. The van der Waals surface area contributed by atoms with Crippen molar-refractivity contribution in [3.63, 3.8) is 0 Å². The summed E-state index contributed by atoms with van der Waals surface area (Å²) in [5.74, 6) is -5.20. The number of benzene rings is 1. The summed E-state index contributed by atoms with van der Waals surface area (Å²) < 4.78 is 0. The third-order valence-corrected chi connectivity index (χ3v) is 5.27. The van der Waals surface area contributed by atoms with E-state index in [1.54, 1.807) is 30.3 Å². The maximum atomic E-state index is 12.8. The van der Waals surface area contributed by atoms with Gasteiger partial charge >= 0.3 is 11.9 Å². The molecular weight excluding hydrogens is 436 g/mol. The second-order valence-electron chi connectivity index (χ2n) is 7.73. The van der Waals surface area contributed by atoms with Crippen LogP contribution in [-0.4, -0.2) is 87.2 Å². The molecule has 2 rings (SSSR count). The average molecular weight is 464 g/mol. The molecule has 0 bridgehead atoms. The van der Waals surface area contributed by atoms with Crippen LogP contribution < -0.4 is 16.4 Å². The van der Waals surface area contributed by atoms with Crippen molar-refractivity contribution in [1.29, 1.82) is 0 Å². The first-order valence-corrected chi connectivity index (χ1v) is 10.4. The Labute approximate surface area is 189 Å². The molecule has 1 aliphatic heterocycles. The molecule has 3 amide bonds. The summed E-state index contributed by atoms with van der Waals surface area (Å²) in [6, 6.07) is 3.70. The van der Waals surface area contributed by atoms with Crippen molar-refractivity contribution in [2.24, 2.45) is 5.73 Å². The van der Waals surface area contributed by atoms with Crippen molar-refractivity contribution in [3.05, 3.63) is 35.9 Å². The van der Waals surface area contributed by atoms with Crippen LogP contribution in [0, 0.1) is 0 Å². The van der Waals surface area contributed by atoms with E-state index in [1.807, 2.05) is 0 Å². The molecule has 4 unspecified atom stereocenters. The molecule has 12 nitrogen and oxygen atoms in total. The van der Waals surface area contributed by atoms with E-state index in [-0.39, 0.29) is 19.4 Å². The summed E-state index contributed by atoms with van der Waals surface area (Å²) in [6.45, 7) is -0.721. The first-order valence-electron chi connectivity index (χ1n) is 10.4. The number of nitrogens with two attached hydrogens (primary N) is 1. The van der Waals surface area contributed by atoms with Gasteiger partial charge in [0.15, 0.2) is 0 Å². The minimum Gasteiger partial charge on any atom is -0.481 e. The van der Waals surface area contributed by atoms with Crippen LogP contribution >= 0.6 is 0 Å². The van der Waals surface area contributed by atoms with Gasteiger partial charge in [0.1, 0.15) is 18.1 Å². The molecule has 1 aliphatic rings. The Kier molecular flexibility index (Phi) is 9.30. The van der Waals surface area contributed by atoms with E-state index < -0.39 is 66.9 Å². The van der Waals surface area contributed by atoms with Crippen molar-refractivity contribution in [1.82, 2.24) is 15.5 Å². The van der Waals surface area contributed by atoms with Crippen LogP contribution in [0.1, 0.15) is 24.8 Å². The summed E-state index contributed by atoms with van der Waals surface area (Å²) in [4.78, 5) is 61.4. The lowest BCUT2D eigenvalue weighted by Gasteiger charge is -2.28. The largest absolute Gasteiger partial charge is 0.481 e. The van der Waals surface area contributed by atoms with Gasteiger partial charge in [0.05, 0.1) is 19.1 Å². The van der Waals surface area contributed by atoms with Crippen molar-refractivity contribution in [2.45, 2.75) is 49.9 Å². The number of hydrogen-bond donors (Lipinski definition) is 6. The topological polar surface area (TPSA) is 199 Å². The van der Waals surface area contributed by atoms with Gasteiger partial charge in [0.2, 0.25) is 17.7 Å². The van der Waals surface area contributed by atoms with Crippen molar-refractivity contribution in [2.75, 3.05) is 13.2 Å². The zero-order valence-electron chi connectivity index (χ0n) is 17.8. The van der Waals surface area contributed by atoms with E-state index in [0.29, 0.717) is 6.42 Å². The Morgan fingerprint density at radius 2 is 1.67 bits per heavy atom. The van der Waals surface area contributed by atoms with E-state index in [2.05, 4.69) is 10.6 Å². The summed E-state index contributed by atoms with van der Waals surface area (Å²) in [5, 5.41) is 32.5. The number of hydrogen-bond acceptors (Lipinski definition) is 7. The van der Waals surface area contributed by atoms with Gasteiger partial charge in [-0.1, -0.05) is 30.3 Å². The number of aliphatic hydroxyl groups excluding tert-OH is 1. The van der Waals surface area contributed by atoms with Crippen molar-refractivity contribution >= 4 is 29.7 Å². The number of nitrogens with one attached hydrogen (secondary N) is 2. The normalized spacial score (nSPS) is 18.1. The smallest absolute Gasteiger partial charge is 0.326 e. The quantitative estimate of drug-likeness (QED) is 0.216. The number of nitrogens with zero attached hydrogens (tertiary/aromatic N) is 1. The molecule has 33 heavy (non-hydrogen) atoms. The molecule has 180 valence electrons. The first-order chi connectivity index (χ1) is 15.6. The molecule has 0 radical (unpaired) electrons. The number of carboxylic acid groups (broad SMARTS) is 2. The average Bonchev–Trinajstić information content (AvgIpc) is 3.27. The standard InChI is InChI=1S/C21H28N4O8/c22-13(9-12-5-2-1-3-6-12)18(29)24-15(11-26)19(30)23-14(10-17(27)28)20(31)25-8-4-7-16(25)21(32)33/h1-3,5-6,13-16,26H,4,7-11,22H2,(H,23,30)(H,24,29)(H,27,28)(H,32,33). The first kappa shape index (κ1) is 25.7. The number of carbonyl (C=O) groups is 5. The Morgan fingerprint density at radius 3 is 2.24 bits per heavy atom. The maximum Gasteiger partial charge on any atom is 0.326 e. The van der Waals surface area contributed by atoms with E-state index in [4.69, 9.17) is 10.8 Å². The van der Waals surface area contributed by atoms with Gasteiger partial charge in [0.25, 0.3) is 0 Å². The molecule has 4 atom stereocenters. The van der Waals surface area contributed by atoms with Crippen LogP contribution in [0.25, 0.3) is 0 Å². The third kappa shape index (κ3) is 7.26. The van der Waals surface area contributed by atoms with Crippen LogP contribution in [0.4, 0.5) is 0 Å². The van der Waals surface area contributed by atoms with Gasteiger partial charge in [-0.05, 0) is 24.8 Å². The van der Waals surface area contributed by atoms with Gasteiger partial charge in [-0.15, -0.1) is 0 Å². The van der Waals surface area contributed by atoms with E-state index in [1.165, 1.54) is 0 Å². The highest BCUT2D eigenvalue weighted by atomic mass is 16.4. The van der Waals surface area contributed by atoms with Gasteiger partial charge in [0, 0.05) is 6.54 Å².